The van der Waals surface area contributed by atoms with Crippen LogP contribution in [0.3, 0.4) is 0 Å². The number of halogens is 1. The molecule has 24 heavy (non-hydrogen) atoms. The van der Waals surface area contributed by atoms with Gasteiger partial charge in [0.15, 0.2) is 0 Å². The van der Waals surface area contributed by atoms with E-state index in [1.165, 1.54) is 14.0 Å². The molecule has 0 spiro atoms. The molecule has 0 saturated heterocycles. The van der Waals surface area contributed by atoms with Crippen LogP contribution in [0.25, 0.3) is 0 Å². The fourth-order valence-electron chi connectivity index (χ4n) is 2.21. The summed E-state index contributed by atoms with van der Waals surface area (Å²) in [5, 5.41) is 5.83. The Labute approximate surface area is 146 Å². The first-order valence-electron chi connectivity index (χ1n) is 7.64. The lowest BCUT2D eigenvalue weighted by Crippen LogP contribution is -2.54. The second-order valence-electron chi connectivity index (χ2n) is 5.84. The van der Waals surface area contributed by atoms with E-state index in [1.54, 1.807) is 24.3 Å². The number of esters is 1. The number of rotatable bonds is 7. The van der Waals surface area contributed by atoms with E-state index in [0.29, 0.717) is 5.02 Å². The quantitative estimate of drug-likeness (QED) is 0.730. The molecule has 2 amide bonds. The van der Waals surface area contributed by atoms with Crippen LogP contribution in [0, 0.1) is 5.92 Å². The largest absolute Gasteiger partial charge is 0.467 e. The van der Waals surface area contributed by atoms with E-state index >= 15 is 0 Å². The van der Waals surface area contributed by atoms with E-state index in [2.05, 4.69) is 10.6 Å². The van der Waals surface area contributed by atoms with E-state index < -0.39 is 24.0 Å². The van der Waals surface area contributed by atoms with Gasteiger partial charge < -0.3 is 15.4 Å². The first-order valence-corrected chi connectivity index (χ1v) is 8.02. The highest BCUT2D eigenvalue weighted by atomic mass is 35.5. The van der Waals surface area contributed by atoms with Crippen LogP contribution in [-0.4, -0.2) is 37.0 Å². The van der Waals surface area contributed by atoms with Gasteiger partial charge in [-0.15, -0.1) is 0 Å². The molecule has 6 nitrogen and oxygen atoms in total. The molecule has 0 aliphatic heterocycles. The lowest BCUT2D eigenvalue weighted by atomic mass is 10.0. The molecule has 0 heterocycles. The molecule has 1 aromatic carbocycles. The van der Waals surface area contributed by atoms with Gasteiger partial charge in [-0.05, 0) is 23.6 Å². The number of amides is 2. The molecule has 1 aromatic rings. The van der Waals surface area contributed by atoms with Crippen molar-refractivity contribution in [2.75, 3.05) is 7.11 Å². The second kappa shape index (κ2) is 9.27. The molecule has 0 aliphatic carbocycles. The Kier molecular flexibility index (Phi) is 7.71. The van der Waals surface area contributed by atoms with Crippen molar-refractivity contribution in [2.45, 2.75) is 39.3 Å². The molecule has 0 aliphatic rings. The third-order valence-corrected chi connectivity index (χ3v) is 3.72. The minimum absolute atomic E-state index is 0.122. The van der Waals surface area contributed by atoms with Gasteiger partial charge in [-0.1, -0.05) is 37.6 Å². The molecule has 2 atom stereocenters. The fraction of sp³-hybridized carbons (Fsp3) is 0.471. The van der Waals surface area contributed by atoms with Crippen molar-refractivity contribution in [1.29, 1.82) is 0 Å². The van der Waals surface area contributed by atoms with Gasteiger partial charge >= 0.3 is 5.97 Å². The molecule has 7 heteroatoms. The summed E-state index contributed by atoms with van der Waals surface area (Å²) in [7, 11) is 1.26. The average molecular weight is 355 g/mol. The van der Waals surface area contributed by atoms with Gasteiger partial charge in [0.05, 0.1) is 7.11 Å². The summed E-state index contributed by atoms with van der Waals surface area (Å²) < 4.78 is 4.76. The normalized spacial score (nSPS) is 13.1. The highest BCUT2D eigenvalue weighted by molar-refractivity contribution is 6.30. The zero-order chi connectivity index (χ0) is 18.3. The van der Waals surface area contributed by atoms with Crippen LogP contribution in [0.15, 0.2) is 24.3 Å². The number of hydrogen-bond donors (Lipinski definition) is 2. The van der Waals surface area contributed by atoms with E-state index in [-0.39, 0.29) is 18.2 Å². The number of ether oxygens (including phenoxy) is 1. The lowest BCUT2D eigenvalue weighted by molar-refractivity contribution is -0.145. The van der Waals surface area contributed by atoms with Gasteiger partial charge in [-0.25, -0.2) is 4.79 Å². The maximum absolute atomic E-state index is 12.4. The SMILES string of the molecule is COC(=O)[C@@H](Cc1ccc(Cl)cc1)NC(=O)[C@H](NC(C)=O)C(C)C. The molecule has 2 N–H and O–H groups in total. The Morgan fingerprint density at radius 3 is 2.17 bits per heavy atom. The Hall–Kier alpha value is -2.08. The molecule has 0 saturated carbocycles. The second-order valence-corrected chi connectivity index (χ2v) is 6.27. The summed E-state index contributed by atoms with van der Waals surface area (Å²) in [4.78, 5) is 35.7. The van der Waals surface area contributed by atoms with Crippen molar-refractivity contribution < 1.29 is 19.1 Å². The van der Waals surface area contributed by atoms with E-state index in [9.17, 15) is 14.4 Å². The Bertz CT molecular complexity index is 587. The van der Waals surface area contributed by atoms with Crippen LogP contribution in [0.4, 0.5) is 0 Å². The first kappa shape index (κ1) is 20.0. The molecule has 0 bridgehead atoms. The van der Waals surface area contributed by atoms with Crippen LogP contribution < -0.4 is 10.6 Å². The molecule has 1 rings (SSSR count). The van der Waals surface area contributed by atoms with Crippen LogP contribution in [0.2, 0.25) is 5.02 Å². The van der Waals surface area contributed by atoms with Gasteiger partial charge in [0.25, 0.3) is 0 Å². The summed E-state index contributed by atoms with van der Waals surface area (Å²) in [6.07, 6.45) is 0.264. The van der Waals surface area contributed by atoms with Crippen LogP contribution in [-0.2, 0) is 25.5 Å². The Morgan fingerprint density at radius 2 is 1.71 bits per heavy atom. The third kappa shape index (κ3) is 6.20. The number of carbonyl (C=O) groups is 3. The van der Waals surface area contributed by atoms with Crippen molar-refractivity contribution in [3.05, 3.63) is 34.9 Å². The summed E-state index contributed by atoms with van der Waals surface area (Å²) in [5.41, 5.74) is 0.829. The number of methoxy groups -OCH3 is 1. The van der Waals surface area contributed by atoms with Crippen molar-refractivity contribution >= 4 is 29.4 Å². The molecule has 0 aromatic heterocycles. The summed E-state index contributed by atoms with van der Waals surface area (Å²) >= 11 is 5.85. The van der Waals surface area contributed by atoms with Crippen LogP contribution in [0.1, 0.15) is 26.3 Å². The smallest absolute Gasteiger partial charge is 0.328 e. The monoisotopic (exact) mass is 354 g/mol. The van der Waals surface area contributed by atoms with Gasteiger partial charge in [0.2, 0.25) is 11.8 Å². The Balaban J connectivity index is 2.88. The van der Waals surface area contributed by atoms with E-state index in [4.69, 9.17) is 16.3 Å². The van der Waals surface area contributed by atoms with Crippen LogP contribution >= 0.6 is 11.6 Å². The number of hydrogen-bond acceptors (Lipinski definition) is 4. The third-order valence-electron chi connectivity index (χ3n) is 3.46. The van der Waals surface area contributed by atoms with Crippen LogP contribution in [0.5, 0.6) is 0 Å². The van der Waals surface area contributed by atoms with Crippen molar-refractivity contribution in [3.8, 4) is 0 Å². The van der Waals surface area contributed by atoms with Crippen molar-refractivity contribution in [3.63, 3.8) is 0 Å². The van der Waals surface area contributed by atoms with E-state index in [0.717, 1.165) is 5.56 Å². The van der Waals surface area contributed by atoms with Gasteiger partial charge in [-0.2, -0.15) is 0 Å². The number of nitrogens with one attached hydrogen (secondary N) is 2. The molecule has 0 fully saturated rings. The van der Waals surface area contributed by atoms with Crippen molar-refractivity contribution in [2.24, 2.45) is 5.92 Å². The van der Waals surface area contributed by atoms with Gasteiger partial charge in [-0.3, -0.25) is 9.59 Å². The summed E-state index contributed by atoms with van der Waals surface area (Å²) in [5.74, 6) is -1.41. The predicted octanol–water partition coefficient (Wildman–Crippen LogP) is 1.70. The molecule has 132 valence electrons. The minimum Gasteiger partial charge on any atom is -0.467 e. The summed E-state index contributed by atoms with van der Waals surface area (Å²) in [6, 6.07) is 5.40. The zero-order valence-corrected chi connectivity index (χ0v) is 15.0. The molecular formula is C17H23ClN2O4. The molecule has 0 radical (unpaired) electrons. The average Bonchev–Trinajstić information content (AvgIpc) is 2.52. The van der Waals surface area contributed by atoms with Crippen molar-refractivity contribution in [1.82, 2.24) is 10.6 Å². The maximum atomic E-state index is 12.4. The number of carbonyl (C=O) groups excluding carboxylic acids is 3. The Morgan fingerprint density at radius 1 is 1.12 bits per heavy atom. The van der Waals surface area contributed by atoms with Gasteiger partial charge in [0, 0.05) is 18.4 Å². The minimum atomic E-state index is -0.848. The topological polar surface area (TPSA) is 84.5 Å². The molecule has 0 unspecified atom stereocenters. The molecular weight excluding hydrogens is 332 g/mol. The fourth-order valence-corrected chi connectivity index (χ4v) is 2.33. The summed E-state index contributed by atoms with van der Waals surface area (Å²) in [6.45, 7) is 4.97. The standard InChI is InChI=1S/C17H23ClN2O4/c1-10(2)15(19-11(3)21)16(22)20-14(17(23)24-4)9-12-5-7-13(18)8-6-12/h5-8,10,14-15H,9H2,1-4H3,(H,19,21)(H,20,22)/t14-,15-/m1/s1. The maximum Gasteiger partial charge on any atom is 0.328 e. The zero-order valence-electron chi connectivity index (χ0n) is 14.3. The van der Waals surface area contributed by atoms with E-state index in [1.807, 2.05) is 13.8 Å². The predicted molar refractivity (Wildman–Crippen MR) is 91.5 cm³/mol. The lowest BCUT2D eigenvalue weighted by Gasteiger charge is -2.24. The highest BCUT2D eigenvalue weighted by Gasteiger charge is 2.28. The highest BCUT2D eigenvalue weighted by Crippen LogP contribution is 2.12. The first-order chi connectivity index (χ1) is 11.2. The number of benzene rings is 1. The van der Waals surface area contributed by atoms with Gasteiger partial charge in [0.1, 0.15) is 12.1 Å².